The van der Waals surface area contributed by atoms with E-state index < -0.39 is 11.4 Å². The minimum atomic E-state index is -0.811. The lowest BCUT2D eigenvalue weighted by Gasteiger charge is -2.33. The third-order valence-corrected chi connectivity index (χ3v) is 6.54. The molecule has 7 heteroatoms. The van der Waals surface area contributed by atoms with Gasteiger partial charge in [-0.05, 0) is 37.3 Å². The van der Waals surface area contributed by atoms with Crippen molar-refractivity contribution in [1.82, 2.24) is 9.88 Å². The van der Waals surface area contributed by atoms with Gasteiger partial charge >= 0.3 is 5.97 Å². The van der Waals surface area contributed by atoms with Crippen LogP contribution < -0.4 is 4.90 Å². The number of oxazole rings is 1. The summed E-state index contributed by atoms with van der Waals surface area (Å²) in [6.07, 6.45) is 2.00. The number of aliphatic carboxylic acids is 1. The number of carboxylic acids is 1. The van der Waals surface area contributed by atoms with Crippen molar-refractivity contribution in [2.24, 2.45) is 17.3 Å². The maximum Gasteiger partial charge on any atom is 0.311 e. The number of carbonyl (C=O) groups excluding carboxylic acids is 1. The number of hydrogen-bond acceptors (Lipinski definition) is 5. The summed E-state index contributed by atoms with van der Waals surface area (Å²) in [7, 11) is 0. The molecule has 0 spiro atoms. The van der Waals surface area contributed by atoms with Crippen LogP contribution in [0.15, 0.2) is 28.7 Å². The maximum absolute atomic E-state index is 13.0. The van der Waals surface area contributed by atoms with Gasteiger partial charge in [0.2, 0.25) is 5.91 Å². The Morgan fingerprint density at radius 3 is 2.54 bits per heavy atom. The van der Waals surface area contributed by atoms with Crippen molar-refractivity contribution in [2.75, 3.05) is 31.1 Å². The van der Waals surface area contributed by atoms with E-state index >= 15 is 0 Å². The molecule has 2 aromatic rings. The number of rotatable bonds is 4. The topological polar surface area (TPSA) is 86.9 Å². The number of carbonyl (C=O) groups is 2. The Labute approximate surface area is 164 Å². The number of benzene rings is 1. The van der Waals surface area contributed by atoms with E-state index in [0.717, 1.165) is 23.9 Å². The molecule has 1 N–H and O–H groups in total. The van der Waals surface area contributed by atoms with E-state index in [1.54, 1.807) is 4.90 Å². The monoisotopic (exact) mass is 385 g/mol. The molecule has 2 aliphatic rings. The summed E-state index contributed by atoms with van der Waals surface area (Å²) in [5, 5.41) is 9.70. The Morgan fingerprint density at radius 1 is 1.21 bits per heavy atom. The van der Waals surface area contributed by atoms with Crippen molar-refractivity contribution in [1.29, 1.82) is 0 Å². The molecule has 1 amide bonds. The molecular formula is C21H27N3O4. The van der Waals surface area contributed by atoms with Gasteiger partial charge in [-0.15, -0.1) is 0 Å². The van der Waals surface area contributed by atoms with Crippen molar-refractivity contribution >= 4 is 29.0 Å². The van der Waals surface area contributed by atoms with Gasteiger partial charge in [-0.2, -0.15) is 4.98 Å². The zero-order chi connectivity index (χ0) is 19.9. The molecule has 2 aliphatic heterocycles. The number of fused-ring (bicyclic) bond motifs is 1. The van der Waals surface area contributed by atoms with E-state index in [4.69, 9.17) is 4.42 Å². The van der Waals surface area contributed by atoms with Crippen LogP contribution in [0.3, 0.4) is 0 Å². The Balaban J connectivity index is 1.38. The Hall–Kier alpha value is -2.57. The number of aromatic nitrogens is 1. The van der Waals surface area contributed by atoms with Crippen LogP contribution in [-0.2, 0) is 9.59 Å². The molecule has 4 rings (SSSR count). The van der Waals surface area contributed by atoms with E-state index in [1.165, 1.54) is 0 Å². The SMILES string of the molecule is CC(C)C1(C(=O)O)CCN(C(=O)C2CCN(c3nc4ccccc4o3)CC2)C1. The van der Waals surface area contributed by atoms with Crippen LogP contribution >= 0.6 is 0 Å². The minimum Gasteiger partial charge on any atom is -0.481 e. The second-order valence-corrected chi connectivity index (χ2v) is 8.35. The van der Waals surface area contributed by atoms with Crippen LogP contribution in [0.2, 0.25) is 0 Å². The number of para-hydroxylation sites is 2. The number of amides is 1. The van der Waals surface area contributed by atoms with Crippen LogP contribution in [0.5, 0.6) is 0 Å². The number of hydrogen-bond donors (Lipinski definition) is 1. The molecular weight excluding hydrogens is 358 g/mol. The first-order valence-corrected chi connectivity index (χ1v) is 10.0. The molecule has 2 saturated heterocycles. The van der Waals surface area contributed by atoms with Crippen molar-refractivity contribution < 1.29 is 19.1 Å². The number of likely N-dealkylation sites (tertiary alicyclic amines) is 1. The summed E-state index contributed by atoms with van der Waals surface area (Å²) in [5.74, 6) is -0.745. The predicted molar refractivity (Wildman–Crippen MR) is 105 cm³/mol. The molecule has 1 atom stereocenters. The second-order valence-electron chi connectivity index (χ2n) is 8.35. The lowest BCUT2D eigenvalue weighted by Crippen LogP contribution is -2.44. The number of anilines is 1. The highest BCUT2D eigenvalue weighted by molar-refractivity contribution is 5.82. The quantitative estimate of drug-likeness (QED) is 0.871. The number of piperidine rings is 1. The first-order chi connectivity index (χ1) is 13.4. The molecule has 0 bridgehead atoms. The standard InChI is InChI=1S/C21H27N3O4/c1-14(2)21(19(26)27)9-12-24(13-21)18(25)15-7-10-23(11-8-15)20-22-16-5-3-4-6-17(16)28-20/h3-6,14-15H,7-13H2,1-2H3,(H,26,27). The van der Waals surface area contributed by atoms with Gasteiger partial charge in [-0.1, -0.05) is 26.0 Å². The molecule has 28 heavy (non-hydrogen) atoms. The Bertz CT molecular complexity index is 852. The predicted octanol–water partition coefficient (Wildman–Crippen LogP) is 3.00. The average molecular weight is 385 g/mol. The highest BCUT2D eigenvalue weighted by Crippen LogP contribution is 2.39. The van der Waals surface area contributed by atoms with E-state index in [1.807, 2.05) is 38.1 Å². The lowest BCUT2D eigenvalue weighted by atomic mass is 9.76. The fraction of sp³-hybridized carbons (Fsp3) is 0.571. The summed E-state index contributed by atoms with van der Waals surface area (Å²) in [6, 6.07) is 8.29. The van der Waals surface area contributed by atoms with Crippen LogP contribution in [0.25, 0.3) is 11.1 Å². The lowest BCUT2D eigenvalue weighted by molar-refractivity contribution is -0.151. The third-order valence-electron chi connectivity index (χ3n) is 6.54. The molecule has 1 aromatic carbocycles. The second kappa shape index (κ2) is 7.11. The van der Waals surface area contributed by atoms with Gasteiger partial charge in [-0.25, -0.2) is 0 Å². The van der Waals surface area contributed by atoms with Crippen LogP contribution in [-0.4, -0.2) is 53.0 Å². The van der Waals surface area contributed by atoms with Crippen LogP contribution in [0.1, 0.15) is 33.1 Å². The maximum atomic E-state index is 13.0. The molecule has 2 fully saturated rings. The van der Waals surface area contributed by atoms with Crippen molar-refractivity contribution in [2.45, 2.75) is 33.1 Å². The van der Waals surface area contributed by atoms with Gasteiger partial charge in [0.1, 0.15) is 5.52 Å². The fourth-order valence-corrected chi connectivity index (χ4v) is 4.49. The van der Waals surface area contributed by atoms with E-state index in [0.29, 0.717) is 38.6 Å². The number of nitrogens with zero attached hydrogens (tertiary/aromatic N) is 3. The zero-order valence-corrected chi connectivity index (χ0v) is 16.4. The summed E-state index contributed by atoms with van der Waals surface area (Å²) >= 11 is 0. The third kappa shape index (κ3) is 3.12. The Kier molecular flexibility index (Phi) is 4.77. The first-order valence-electron chi connectivity index (χ1n) is 10.0. The summed E-state index contributed by atoms with van der Waals surface area (Å²) < 4.78 is 5.84. The number of carboxylic acid groups (broad SMARTS) is 1. The molecule has 0 radical (unpaired) electrons. The molecule has 0 aliphatic carbocycles. The summed E-state index contributed by atoms with van der Waals surface area (Å²) in [6.45, 7) is 6.15. The fourth-order valence-electron chi connectivity index (χ4n) is 4.49. The van der Waals surface area contributed by atoms with Crippen LogP contribution in [0, 0.1) is 17.3 Å². The van der Waals surface area contributed by atoms with Crippen molar-refractivity contribution in [3.63, 3.8) is 0 Å². The molecule has 1 aromatic heterocycles. The van der Waals surface area contributed by atoms with Gasteiger partial charge in [0.15, 0.2) is 5.58 Å². The molecule has 3 heterocycles. The molecule has 7 nitrogen and oxygen atoms in total. The average Bonchev–Trinajstić information content (AvgIpc) is 3.33. The van der Waals surface area contributed by atoms with Crippen LogP contribution in [0.4, 0.5) is 6.01 Å². The van der Waals surface area contributed by atoms with E-state index in [9.17, 15) is 14.7 Å². The molecule has 0 saturated carbocycles. The minimum absolute atomic E-state index is 0.00352. The largest absolute Gasteiger partial charge is 0.481 e. The molecule has 1 unspecified atom stereocenters. The zero-order valence-electron chi connectivity index (χ0n) is 16.4. The van der Waals surface area contributed by atoms with Gasteiger partial charge in [0, 0.05) is 32.1 Å². The van der Waals surface area contributed by atoms with Gasteiger partial charge in [-0.3, -0.25) is 9.59 Å². The van der Waals surface area contributed by atoms with Crippen molar-refractivity contribution in [3.05, 3.63) is 24.3 Å². The highest BCUT2D eigenvalue weighted by atomic mass is 16.4. The normalized spacial score (nSPS) is 23.7. The van der Waals surface area contributed by atoms with E-state index in [2.05, 4.69) is 9.88 Å². The smallest absolute Gasteiger partial charge is 0.311 e. The van der Waals surface area contributed by atoms with Gasteiger partial charge in [0.05, 0.1) is 5.41 Å². The Morgan fingerprint density at radius 2 is 1.93 bits per heavy atom. The summed E-state index contributed by atoms with van der Waals surface area (Å²) in [4.78, 5) is 33.2. The molecule has 150 valence electrons. The highest BCUT2D eigenvalue weighted by Gasteiger charge is 2.49. The van der Waals surface area contributed by atoms with E-state index in [-0.39, 0.29) is 17.7 Å². The first kappa shape index (κ1) is 18.8. The van der Waals surface area contributed by atoms with Crippen molar-refractivity contribution in [3.8, 4) is 0 Å². The van der Waals surface area contributed by atoms with Gasteiger partial charge < -0.3 is 19.3 Å². The van der Waals surface area contributed by atoms with Gasteiger partial charge in [0.25, 0.3) is 6.01 Å². The summed E-state index contributed by atoms with van der Waals surface area (Å²) in [5.41, 5.74) is 0.798.